The van der Waals surface area contributed by atoms with Crippen LogP contribution in [0.15, 0.2) is 42.5 Å². The molecule has 0 fully saturated rings. The van der Waals surface area contributed by atoms with Gasteiger partial charge in [-0.25, -0.2) is 4.39 Å². The molecule has 2 aromatic rings. The van der Waals surface area contributed by atoms with E-state index in [-0.39, 0.29) is 16.5 Å². The van der Waals surface area contributed by atoms with Crippen LogP contribution in [0, 0.1) is 5.82 Å². The maximum absolute atomic E-state index is 14.0. The number of carbonyl (C=O) groups excluding carboxylic acids is 1. The molecule has 0 unspecified atom stereocenters. The van der Waals surface area contributed by atoms with Crippen molar-refractivity contribution in [2.24, 2.45) is 0 Å². The average Bonchev–Trinajstić information content (AvgIpc) is 2.40. The van der Waals surface area contributed by atoms with Gasteiger partial charge in [0.25, 0.3) is 5.91 Å². The van der Waals surface area contributed by atoms with Gasteiger partial charge in [-0.3, -0.25) is 4.79 Å². The van der Waals surface area contributed by atoms with Gasteiger partial charge < -0.3 is 10.4 Å². The zero-order valence-electron chi connectivity index (χ0n) is 10.4. The van der Waals surface area contributed by atoms with E-state index >= 15 is 0 Å². The highest BCUT2D eigenvalue weighted by Crippen LogP contribution is 2.32. The van der Waals surface area contributed by atoms with Crippen molar-refractivity contribution < 1.29 is 23.1 Å². The number of rotatable bonds is 3. The molecule has 21 heavy (non-hydrogen) atoms. The summed E-state index contributed by atoms with van der Waals surface area (Å²) in [7, 11) is 0. The van der Waals surface area contributed by atoms with Gasteiger partial charge in [0, 0.05) is 10.7 Å². The number of halogens is 4. The molecule has 0 bridgehead atoms. The molecule has 110 valence electrons. The molecule has 0 aliphatic rings. The van der Waals surface area contributed by atoms with E-state index in [9.17, 15) is 18.0 Å². The molecule has 0 radical (unpaired) electrons. The molecule has 2 aromatic carbocycles. The fourth-order valence-corrected chi connectivity index (χ4v) is 1.78. The lowest BCUT2D eigenvalue weighted by Gasteiger charge is -2.17. The van der Waals surface area contributed by atoms with E-state index in [0.29, 0.717) is 6.07 Å². The molecule has 1 amide bonds. The lowest BCUT2D eigenvalue weighted by Crippen LogP contribution is -2.33. The molecule has 0 atom stereocenters. The summed E-state index contributed by atoms with van der Waals surface area (Å²) in [6, 6.07) is 7.45. The first-order chi connectivity index (χ1) is 9.80. The van der Waals surface area contributed by atoms with Gasteiger partial charge in [0.2, 0.25) is 0 Å². The smallest absolute Gasteiger partial charge is 0.352 e. The zero-order chi connectivity index (χ0) is 15.6. The quantitative estimate of drug-likeness (QED) is 0.844. The molecule has 0 saturated heterocycles. The third-order valence-corrected chi connectivity index (χ3v) is 2.91. The minimum atomic E-state index is -4.06. The van der Waals surface area contributed by atoms with Crippen molar-refractivity contribution in [1.29, 1.82) is 0 Å². The fourth-order valence-electron chi connectivity index (χ4n) is 1.62. The lowest BCUT2D eigenvalue weighted by molar-refractivity contribution is -0.141. The summed E-state index contributed by atoms with van der Waals surface area (Å²) in [6.45, 7) is 0. The summed E-state index contributed by atoms with van der Waals surface area (Å²) in [5.41, 5.74) is -1.02. The Morgan fingerprint density at radius 2 is 1.76 bits per heavy atom. The van der Waals surface area contributed by atoms with Crippen molar-refractivity contribution in [3.05, 3.63) is 58.9 Å². The van der Waals surface area contributed by atoms with Crippen LogP contribution in [0.1, 0.15) is 5.56 Å². The number of anilines is 1. The van der Waals surface area contributed by atoms with Crippen molar-refractivity contribution in [1.82, 2.24) is 0 Å². The van der Waals surface area contributed by atoms with Crippen molar-refractivity contribution in [2.75, 3.05) is 5.32 Å². The van der Waals surface area contributed by atoms with Gasteiger partial charge in [0.05, 0.1) is 5.56 Å². The second-order valence-electron chi connectivity index (χ2n) is 4.20. The Morgan fingerprint density at radius 3 is 2.33 bits per heavy atom. The second kappa shape index (κ2) is 5.65. The van der Waals surface area contributed by atoms with Gasteiger partial charge in [-0.05, 0) is 42.5 Å². The molecule has 0 aliphatic carbocycles. The molecule has 0 spiro atoms. The van der Waals surface area contributed by atoms with Crippen molar-refractivity contribution in [3.8, 4) is 5.75 Å². The topological polar surface area (TPSA) is 49.3 Å². The molecule has 0 saturated carbocycles. The highest BCUT2D eigenvalue weighted by Gasteiger charge is 2.43. The first-order valence-corrected chi connectivity index (χ1v) is 6.12. The Hall–Kier alpha value is -2.21. The Labute approximate surface area is 123 Å². The van der Waals surface area contributed by atoms with E-state index in [1.807, 2.05) is 5.32 Å². The number of carbonyl (C=O) groups is 1. The highest BCUT2D eigenvalue weighted by molar-refractivity contribution is 6.30. The molecular weight excluding hydrogens is 307 g/mol. The van der Waals surface area contributed by atoms with Crippen LogP contribution in [0.3, 0.4) is 0 Å². The zero-order valence-corrected chi connectivity index (χ0v) is 11.2. The van der Waals surface area contributed by atoms with Crippen LogP contribution >= 0.6 is 11.6 Å². The Bertz CT molecular complexity index is 674. The van der Waals surface area contributed by atoms with Crippen LogP contribution in [0.4, 0.5) is 18.9 Å². The number of benzene rings is 2. The Balaban J connectivity index is 2.25. The SMILES string of the molecule is O=C(Nc1ccc(O)cc1)C(F)(F)c1ccc(Cl)cc1F. The first-order valence-electron chi connectivity index (χ1n) is 5.74. The van der Waals surface area contributed by atoms with Crippen molar-refractivity contribution >= 4 is 23.2 Å². The number of aromatic hydroxyl groups is 1. The van der Waals surface area contributed by atoms with Gasteiger partial charge in [0.15, 0.2) is 0 Å². The lowest BCUT2D eigenvalue weighted by atomic mass is 10.1. The van der Waals surface area contributed by atoms with Crippen LogP contribution in [0.25, 0.3) is 0 Å². The van der Waals surface area contributed by atoms with Crippen LogP contribution in [-0.4, -0.2) is 11.0 Å². The number of nitrogens with one attached hydrogen (secondary N) is 1. The summed E-state index contributed by atoms with van der Waals surface area (Å²) in [6.07, 6.45) is 0. The van der Waals surface area contributed by atoms with Gasteiger partial charge in [-0.15, -0.1) is 0 Å². The number of amides is 1. The van der Waals surface area contributed by atoms with Crippen LogP contribution in [-0.2, 0) is 10.7 Å². The van der Waals surface area contributed by atoms with Gasteiger partial charge in [0.1, 0.15) is 11.6 Å². The largest absolute Gasteiger partial charge is 0.508 e. The molecule has 2 rings (SSSR count). The molecular formula is C14H9ClF3NO2. The average molecular weight is 316 g/mol. The number of phenols is 1. The molecule has 0 aliphatic heterocycles. The van der Waals surface area contributed by atoms with Crippen molar-refractivity contribution in [2.45, 2.75) is 5.92 Å². The maximum atomic E-state index is 14.0. The molecule has 0 aromatic heterocycles. The predicted octanol–water partition coefficient (Wildman–Crippen LogP) is 3.92. The molecule has 3 nitrogen and oxygen atoms in total. The van der Waals surface area contributed by atoms with E-state index in [0.717, 1.165) is 12.1 Å². The minimum Gasteiger partial charge on any atom is -0.508 e. The Morgan fingerprint density at radius 1 is 1.14 bits per heavy atom. The normalized spacial score (nSPS) is 11.2. The van der Waals surface area contributed by atoms with Gasteiger partial charge in [-0.2, -0.15) is 8.78 Å². The number of phenolic OH excluding ortho intramolecular Hbond substituents is 1. The summed E-state index contributed by atoms with van der Waals surface area (Å²) in [5, 5.41) is 11.0. The molecule has 7 heteroatoms. The third kappa shape index (κ3) is 3.28. The number of hydrogen-bond donors (Lipinski definition) is 2. The summed E-state index contributed by atoms with van der Waals surface area (Å²) < 4.78 is 41.4. The third-order valence-electron chi connectivity index (χ3n) is 2.68. The van der Waals surface area contributed by atoms with Crippen LogP contribution in [0.5, 0.6) is 5.75 Å². The highest BCUT2D eigenvalue weighted by atomic mass is 35.5. The van der Waals surface area contributed by atoms with Crippen molar-refractivity contribution in [3.63, 3.8) is 0 Å². The second-order valence-corrected chi connectivity index (χ2v) is 4.64. The van der Waals surface area contributed by atoms with E-state index in [1.165, 1.54) is 24.3 Å². The minimum absolute atomic E-state index is 0.0480. The van der Waals surface area contributed by atoms with E-state index in [4.69, 9.17) is 16.7 Å². The maximum Gasteiger partial charge on any atom is 0.352 e. The van der Waals surface area contributed by atoms with E-state index in [1.54, 1.807) is 0 Å². The van der Waals surface area contributed by atoms with Gasteiger partial charge >= 0.3 is 5.92 Å². The Kier molecular flexibility index (Phi) is 4.09. The summed E-state index contributed by atoms with van der Waals surface area (Å²) in [5.74, 6) is -7.10. The monoisotopic (exact) mass is 315 g/mol. The fraction of sp³-hybridized carbons (Fsp3) is 0.0714. The predicted molar refractivity (Wildman–Crippen MR) is 72.0 cm³/mol. The number of hydrogen-bond acceptors (Lipinski definition) is 2. The van der Waals surface area contributed by atoms with Crippen LogP contribution < -0.4 is 5.32 Å². The van der Waals surface area contributed by atoms with Gasteiger partial charge in [-0.1, -0.05) is 11.6 Å². The number of alkyl halides is 2. The van der Waals surface area contributed by atoms with E-state index in [2.05, 4.69) is 0 Å². The first kappa shape index (κ1) is 15.2. The van der Waals surface area contributed by atoms with E-state index < -0.39 is 23.2 Å². The summed E-state index contributed by atoms with van der Waals surface area (Å²) >= 11 is 5.48. The molecule has 2 N–H and O–H groups in total. The molecule has 0 heterocycles. The van der Waals surface area contributed by atoms with Crippen LogP contribution in [0.2, 0.25) is 5.02 Å². The summed E-state index contributed by atoms with van der Waals surface area (Å²) in [4.78, 5) is 11.6. The standard InChI is InChI=1S/C14H9ClF3NO2/c15-8-1-6-11(12(16)7-8)14(17,18)13(21)19-9-2-4-10(20)5-3-9/h1-7,20H,(H,19,21).